The van der Waals surface area contributed by atoms with Gasteiger partial charge in [-0.15, -0.1) is 11.3 Å². The third-order valence-corrected chi connectivity index (χ3v) is 2.49. The predicted octanol–water partition coefficient (Wildman–Crippen LogP) is 2.49. The molecule has 0 aromatic carbocycles. The molecular formula is C9H14N2OS. The van der Waals surface area contributed by atoms with E-state index >= 15 is 0 Å². The maximum absolute atomic E-state index is 11.4. The molecule has 0 radical (unpaired) electrons. The first kappa shape index (κ1) is 10.2. The van der Waals surface area contributed by atoms with Crippen LogP contribution in [0.15, 0.2) is 5.38 Å². The van der Waals surface area contributed by atoms with E-state index in [1.54, 1.807) is 5.38 Å². The summed E-state index contributed by atoms with van der Waals surface area (Å²) < 4.78 is 0. The van der Waals surface area contributed by atoms with E-state index in [2.05, 4.69) is 11.9 Å². The van der Waals surface area contributed by atoms with Crippen LogP contribution in [0.2, 0.25) is 0 Å². The quantitative estimate of drug-likeness (QED) is 0.584. The van der Waals surface area contributed by atoms with Gasteiger partial charge in [0.05, 0.1) is 0 Å². The summed E-state index contributed by atoms with van der Waals surface area (Å²) in [6, 6.07) is 0. The van der Waals surface area contributed by atoms with Crippen LogP contribution in [0.4, 0.5) is 5.13 Å². The zero-order valence-electron chi connectivity index (χ0n) is 7.75. The average molecular weight is 198 g/mol. The molecule has 0 spiro atoms. The lowest BCUT2D eigenvalue weighted by atomic mass is 10.1. The Balaban J connectivity index is 2.40. The Morgan fingerprint density at radius 2 is 2.38 bits per heavy atom. The Morgan fingerprint density at radius 3 is 2.92 bits per heavy atom. The van der Waals surface area contributed by atoms with Gasteiger partial charge in [-0.3, -0.25) is 4.79 Å². The van der Waals surface area contributed by atoms with E-state index in [0.29, 0.717) is 17.2 Å². The van der Waals surface area contributed by atoms with Gasteiger partial charge in [0, 0.05) is 11.8 Å². The standard InChI is InChI=1S/C9H14N2OS/c1-2-3-4-5-8(12)7-6-13-9(10)11-7/h6H,2-5H2,1H3,(H2,10,11). The van der Waals surface area contributed by atoms with E-state index in [0.717, 1.165) is 19.3 Å². The number of rotatable bonds is 5. The molecule has 0 aliphatic heterocycles. The van der Waals surface area contributed by atoms with Crippen LogP contribution in [0.3, 0.4) is 0 Å². The maximum atomic E-state index is 11.4. The molecule has 1 heterocycles. The lowest BCUT2D eigenvalue weighted by Crippen LogP contribution is -1.99. The van der Waals surface area contributed by atoms with Gasteiger partial charge < -0.3 is 5.73 Å². The largest absolute Gasteiger partial charge is 0.375 e. The van der Waals surface area contributed by atoms with Crippen molar-refractivity contribution in [3.8, 4) is 0 Å². The Bertz CT molecular complexity index is 283. The molecule has 72 valence electrons. The second kappa shape index (κ2) is 4.97. The van der Waals surface area contributed by atoms with Gasteiger partial charge in [0.1, 0.15) is 5.69 Å². The second-order valence-corrected chi connectivity index (χ2v) is 3.84. The van der Waals surface area contributed by atoms with Gasteiger partial charge in [-0.2, -0.15) is 0 Å². The maximum Gasteiger partial charge on any atom is 0.182 e. The molecule has 3 nitrogen and oxygen atoms in total. The number of aromatic nitrogens is 1. The number of hydrogen-bond acceptors (Lipinski definition) is 4. The number of unbranched alkanes of at least 4 members (excludes halogenated alkanes) is 2. The van der Waals surface area contributed by atoms with Crippen molar-refractivity contribution in [2.24, 2.45) is 0 Å². The third kappa shape index (κ3) is 3.14. The lowest BCUT2D eigenvalue weighted by molar-refractivity contribution is 0.0975. The minimum absolute atomic E-state index is 0.112. The highest BCUT2D eigenvalue weighted by atomic mass is 32.1. The molecule has 0 unspecified atom stereocenters. The van der Waals surface area contributed by atoms with E-state index < -0.39 is 0 Å². The first-order valence-electron chi connectivity index (χ1n) is 4.48. The number of hydrogen-bond donors (Lipinski definition) is 1. The van der Waals surface area contributed by atoms with Gasteiger partial charge in [0.25, 0.3) is 0 Å². The van der Waals surface area contributed by atoms with Crippen molar-refractivity contribution >= 4 is 22.3 Å². The number of nitrogens with two attached hydrogens (primary N) is 1. The Labute approximate surface area is 82.0 Å². The molecule has 0 amide bonds. The summed E-state index contributed by atoms with van der Waals surface area (Å²) in [4.78, 5) is 15.4. The molecule has 0 aliphatic carbocycles. The van der Waals surface area contributed by atoms with Gasteiger partial charge in [-0.1, -0.05) is 19.8 Å². The van der Waals surface area contributed by atoms with Gasteiger partial charge in [0.2, 0.25) is 0 Å². The van der Waals surface area contributed by atoms with E-state index in [9.17, 15) is 4.79 Å². The first-order valence-corrected chi connectivity index (χ1v) is 5.36. The molecule has 2 N–H and O–H groups in total. The van der Waals surface area contributed by atoms with E-state index in [1.165, 1.54) is 11.3 Å². The molecule has 0 bridgehead atoms. The molecule has 0 fully saturated rings. The second-order valence-electron chi connectivity index (χ2n) is 2.95. The number of Topliss-reactive ketones (excluding diaryl/α,β-unsaturated/α-hetero) is 1. The summed E-state index contributed by atoms with van der Waals surface area (Å²) in [5.41, 5.74) is 5.95. The van der Waals surface area contributed by atoms with Crippen LogP contribution >= 0.6 is 11.3 Å². The molecule has 13 heavy (non-hydrogen) atoms. The number of ketones is 1. The van der Waals surface area contributed by atoms with E-state index in [1.807, 2.05) is 0 Å². The molecule has 0 saturated carbocycles. The molecular weight excluding hydrogens is 184 g/mol. The van der Waals surface area contributed by atoms with Crippen LogP contribution in [-0.2, 0) is 0 Å². The van der Waals surface area contributed by atoms with Crippen LogP contribution in [0.5, 0.6) is 0 Å². The first-order chi connectivity index (χ1) is 6.24. The van der Waals surface area contributed by atoms with Crippen molar-refractivity contribution in [1.82, 2.24) is 4.98 Å². The zero-order valence-corrected chi connectivity index (χ0v) is 8.56. The number of carbonyl (C=O) groups is 1. The Kier molecular flexibility index (Phi) is 3.89. The number of nitrogen functional groups attached to an aromatic ring is 1. The number of nitrogens with zero attached hydrogens (tertiary/aromatic N) is 1. The summed E-state index contributed by atoms with van der Waals surface area (Å²) in [7, 11) is 0. The number of thiazole rings is 1. The van der Waals surface area contributed by atoms with Gasteiger partial charge in [-0.05, 0) is 6.42 Å². The fourth-order valence-corrected chi connectivity index (χ4v) is 1.65. The van der Waals surface area contributed by atoms with Crippen molar-refractivity contribution in [3.63, 3.8) is 0 Å². The smallest absolute Gasteiger partial charge is 0.182 e. The molecule has 1 rings (SSSR count). The monoisotopic (exact) mass is 198 g/mol. The fraction of sp³-hybridized carbons (Fsp3) is 0.556. The molecule has 1 aromatic heterocycles. The topological polar surface area (TPSA) is 56.0 Å². The van der Waals surface area contributed by atoms with Crippen molar-refractivity contribution in [3.05, 3.63) is 11.1 Å². The summed E-state index contributed by atoms with van der Waals surface area (Å²) in [5.74, 6) is 0.112. The van der Waals surface area contributed by atoms with Crippen LogP contribution in [-0.4, -0.2) is 10.8 Å². The molecule has 1 aromatic rings. The fourth-order valence-electron chi connectivity index (χ4n) is 1.08. The van der Waals surface area contributed by atoms with Crippen molar-refractivity contribution in [2.45, 2.75) is 32.6 Å². The lowest BCUT2D eigenvalue weighted by Gasteiger charge is -1.95. The zero-order chi connectivity index (χ0) is 9.68. The molecule has 0 atom stereocenters. The predicted molar refractivity (Wildman–Crippen MR) is 55.0 cm³/mol. The summed E-state index contributed by atoms with van der Waals surface area (Å²) >= 11 is 1.32. The SMILES string of the molecule is CCCCCC(=O)c1csc(N)n1. The van der Waals surface area contributed by atoms with E-state index in [4.69, 9.17) is 5.73 Å². The number of carbonyl (C=O) groups excluding carboxylic acids is 1. The minimum atomic E-state index is 0.112. The van der Waals surface area contributed by atoms with Gasteiger partial charge >= 0.3 is 0 Å². The Hall–Kier alpha value is -0.900. The number of anilines is 1. The normalized spacial score (nSPS) is 10.2. The summed E-state index contributed by atoms with van der Waals surface area (Å²) in [5, 5.41) is 2.20. The Morgan fingerprint density at radius 1 is 1.62 bits per heavy atom. The van der Waals surface area contributed by atoms with Crippen molar-refractivity contribution < 1.29 is 4.79 Å². The molecule has 0 saturated heterocycles. The summed E-state index contributed by atoms with van der Waals surface area (Å²) in [6.07, 6.45) is 3.78. The van der Waals surface area contributed by atoms with Crippen molar-refractivity contribution in [1.29, 1.82) is 0 Å². The highest BCUT2D eigenvalue weighted by Crippen LogP contribution is 2.14. The molecule has 4 heteroatoms. The van der Waals surface area contributed by atoms with Gasteiger partial charge in [-0.25, -0.2) is 4.98 Å². The average Bonchev–Trinajstić information content (AvgIpc) is 2.52. The highest BCUT2D eigenvalue weighted by Gasteiger charge is 2.08. The third-order valence-electron chi connectivity index (χ3n) is 1.82. The van der Waals surface area contributed by atoms with Crippen LogP contribution in [0, 0.1) is 0 Å². The van der Waals surface area contributed by atoms with Crippen LogP contribution < -0.4 is 5.73 Å². The van der Waals surface area contributed by atoms with Gasteiger partial charge in [0.15, 0.2) is 10.9 Å². The van der Waals surface area contributed by atoms with E-state index in [-0.39, 0.29) is 5.78 Å². The highest BCUT2D eigenvalue weighted by molar-refractivity contribution is 7.13. The van der Waals surface area contributed by atoms with Crippen LogP contribution in [0.1, 0.15) is 43.1 Å². The molecule has 0 aliphatic rings. The van der Waals surface area contributed by atoms with Crippen LogP contribution in [0.25, 0.3) is 0 Å². The minimum Gasteiger partial charge on any atom is -0.375 e. The van der Waals surface area contributed by atoms with Crippen molar-refractivity contribution in [2.75, 3.05) is 5.73 Å². The summed E-state index contributed by atoms with van der Waals surface area (Å²) in [6.45, 7) is 2.12.